The standard InChI is InChI=1S/C13H18N2O2/c1-10(2)9-16-6-7-17-12-5-3-4-11(8-14)13(12)15/h3-5,10H,6-7,9,15H2,1-2H3. The predicted octanol–water partition coefficient (Wildman–Crippen LogP) is 2.19. The predicted molar refractivity (Wildman–Crippen MR) is 66.7 cm³/mol. The van der Waals surface area contributed by atoms with Crippen LogP contribution < -0.4 is 10.5 Å². The molecule has 0 radical (unpaired) electrons. The molecule has 0 aliphatic carbocycles. The molecule has 4 nitrogen and oxygen atoms in total. The molecule has 17 heavy (non-hydrogen) atoms. The average molecular weight is 234 g/mol. The summed E-state index contributed by atoms with van der Waals surface area (Å²) in [6.07, 6.45) is 0. The molecule has 0 heterocycles. The Morgan fingerprint density at radius 3 is 2.76 bits per heavy atom. The van der Waals surface area contributed by atoms with Crippen molar-refractivity contribution in [3.8, 4) is 11.8 Å². The number of ether oxygens (including phenoxy) is 2. The van der Waals surface area contributed by atoms with Crippen LogP contribution >= 0.6 is 0 Å². The van der Waals surface area contributed by atoms with Crippen molar-refractivity contribution in [3.63, 3.8) is 0 Å². The van der Waals surface area contributed by atoms with E-state index in [-0.39, 0.29) is 0 Å². The third-order valence-corrected chi connectivity index (χ3v) is 2.12. The van der Waals surface area contributed by atoms with E-state index in [1.54, 1.807) is 18.2 Å². The van der Waals surface area contributed by atoms with Crippen LogP contribution in [0.3, 0.4) is 0 Å². The van der Waals surface area contributed by atoms with Crippen LogP contribution in [0.2, 0.25) is 0 Å². The number of nitrogen functional groups attached to an aromatic ring is 1. The maximum atomic E-state index is 8.80. The van der Waals surface area contributed by atoms with Gasteiger partial charge in [-0.3, -0.25) is 0 Å². The van der Waals surface area contributed by atoms with E-state index in [2.05, 4.69) is 13.8 Å². The fourth-order valence-corrected chi connectivity index (χ4v) is 1.30. The molecule has 0 fully saturated rings. The van der Waals surface area contributed by atoms with Crippen LogP contribution in [0.5, 0.6) is 5.75 Å². The summed E-state index contributed by atoms with van der Waals surface area (Å²) in [6.45, 7) is 5.86. The zero-order valence-corrected chi connectivity index (χ0v) is 10.3. The lowest BCUT2D eigenvalue weighted by atomic mass is 10.2. The molecule has 0 atom stereocenters. The molecule has 92 valence electrons. The topological polar surface area (TPSA) is 68.3 Å². The number of rotatable bonds is 6. The second-order valence-corrected chi connectivity index (χ2v) is 4.15. The molecule has 0 aromatic heterocycles. The van der Waals surface area contributed by atoms with Gasteiger partial charge in [-0.2, -0.15) is 5.26 Å². The molecule has 0 saturated carbocycles. The van der Waals surface area contributed by atoms with Gasteiger partial charge in [0.25, 0.3) is 0 Å². The van der Waals surface area contributed by atoms with Gasteiger partial charge in [0.2, 0.25) is 0 Å². The Morgan fingerprint density at radius 1 is 1.35 bits per heavy atom. The molecule has 0 spiro atoms. The minimum atomic E-state index is 0.388. The maximum absolute atomic E-state index is 8.80. The fourth-order valence-electron chi connectivity index (χ4n) is 1.30. The third kappa shape index (κ3) is 4.33. The highest BCUT2D eigenvalue weighted by Crippen LogP contribution is 2.24. The van der Waals surface area contributed by atoms with Crippen LogP contribution in [0.4, 0.5) is 5.69 Å². The molecule has 2 N–H and O–H groups in total. The van der Waals surface area contributed by atoms with Gasteiger partial charge in [-0.15, -0.1) is 0 Å². The number of benzene rings is 1. The summed E-state index contributed by atoms with van der Waals surface area (Å²) in [4.78, 5) is 0. The van der Waals surface area contributed by atoms with Gasteiger partial charge in [-0.1, -0.05) is 19.9 Å². The van der Waals surface area contributed by atoms with E-state index < -0.39 is 0 Å². The monoisotopic (exact) mass is 234 g/mol. The minimum absolute atomic E-state index is 0.388. The lowest BCUT2D eigenvalue weighted by molar-refractivity contribution is 0.0821. The second kappa shape index (κ2) is 6.77. The van der Waals surface area contributed by atoms with Crippen LogP contribution in [-0.2, 0) is 4.74 Å². The summed E-state index contributed by atoms with van der Waals surface area (Å²) < 4.78 is 10.8. The minimum Gasteiger partial charge on any atom is -0.489 e. The van der Waals surface area contributed by atoms with Gasteiger partial charge in [-0.05, 0) is 18.1 Å². The SMILES string of the molecule is CC(C)COCCOc1cccc(C#N)c1N. The van der Waals surface area contributed by atoms with Crippen molar-refractivity contribution < 1.29 is 9.47 Å². The first-order chi connectivity index (χ1) is 8.15. The normalized spacial score (nSPS) is 10.2. The zero-order valence-electron chi connectivity index (χ0n) is 10.3. The van der Waals surface area contributed by atoms with Crippen molar-refractivity contribution in [2.45, 2.75) is 13.8 Å². The zero-order chi connectivity index (χ0) is 12.7. The Kier molecular flexibility index (Phi) is 5.31. The number of anilines is 1. The molecule has 1 rings (SSSR count). The molecule has 0 aliphatic heterocycles. The number of hydrogen-bond donors (Lipinski definition) is 1. The Morgan fingerprint density at radius 2 is 2.12 bits per heavy atom. The molecule has 0 unspecified atom stereocenters. The lowest BCUT2D eigenvalue weighted by Crippen LogP contribution is -2.11. The van der Waals surface area contributed by atoms with E-state index >= 15 is 0 Å². The Balaban J connectivity index is 2.40. The van der Waals surface area contributed by atoms with Crippen molar-refractivity contribution >= 4 is 5.69 Å². The smallest absolute Gasteiger partial charge is 0.143 e. The summed E-state index contributed by atoms with van der Waals surface area (Å²) in [5.74, 6) is 1.05. The van der Waals surface area contributed by atoms with Crippen molar-refractivity contribution in [1.29, 1.82) is 5.26 Å². The van der Waals surface area contributed by atoms with E-state index in [0.29, 0.717) is 36.1 Å². The molecular formula is C13H18N2O2. The van der Waals surface area contributed by atoms with Gasteiger partial charge >= 0.3 is 0 Å². The lowest BCUT2D eigenvalue weighted by Gasteiger charge is -2.10. The number of nitrogens with two attached hydrogens (primary N) is 1. The highest BCUT2D eigenvalue weighted by molar-refractivity contribution is 5.62. The molecular weight excluding hydrogens is 216 g/mol. The van der Waals surface area contributed by atoms with Crippen LogP contribution in [0, 0.1) is 17.2 Å². The van der Waals surface area contributed by atoms with Gasteiger partial charge in [0.15, 0.2) is 0 Å². The maximum Gasteiger partial charge on any atom is 0.143 e. The number of nitriles is 1. The van der Waals surface area contributed by atoms with Crippen molar-refractivity contribution in [3.05, 3.63) is 23.8 Å². The highest BCUT2D eigenvalue weighted by Gasteiger charge is 2.04. The summed E-state index contributed by atoms with van der Waals surface area (Å²) in [6, 6.07) is 7.18. The number of para-hydroxylation sites is 1. The first kappa shape index (κ1) is 13.3. The van der Waals surface area contributed by atoms with Crippen LogP contribution in [0.25, 0.3) is 0 Å². The van der Waals surface area contributed by atoms with Crippen LogP contribution in [0.1, 0.15) is 19.4 Å². The number of hydrogen-bond acceptors (Lipinski definition) is 4. The van der Waals surface area contributed by atoms with Crippen LogP contribution in [0.15, 0.2) is 18.2 Å². The second-order valence-electron chi connectivity index (χ2n) is 4.15. The molecule has 1 aromatic rings. The van der Waals surface area contributed by atoms with Gasteiger partial charge in [0, 0.05) is 6.61 Å². The molecule has 0 bridgehead atoms. The molecule has 0 saturated heterocycles. The van der Waals surface area contributed by atoms with E-state index in [1.165, 1.54) is 0 Å². The Labute approximate surface area is 102 Å². The Hall–Kier alpha value is -1.73. The van der Waals surface area contributed by atoms with Crippen LogP contribution in [-0.4, -0.2) is 19.8 Å². The Bertz CT molecular complexity index is 397. The summed E-state index contributed by atoms with van der Waals surface area (Å²) >= 11 is 0. The third-order valence-electron chi connectivity index (χ3n) is 2.12. The van der Waals surface area contributed by atoms with Crippen molar-refractivity contribution in [2.75, 3.05) is 25.6 Å². The molecule has 4 heteroatoms. The molecule has 1 aromatic carbocycles. The quantitative estimate of drug-likeness (QED) is 0.605. The fraction of sp³-hybridized carbons (Fsp3) is 0.462. The summed E-state index contributed by atoms with van der Waals surface area (Å²) in [7, 11) is 0. The largest absolute Gasteiger partial charge is 0.489 e. The first-order valence-corrected chi connectivity index (χ1v) is 5.64. The van der Waals surface area contributed by atoms with E-state index in [0.717, 1.165) is 6.61 Å². The van der Waals surface area contributed by atoms with E-state index in [9.17, 15) is 0 Å². The van der Waals surface area contributed by atoms with E-state index in [4.69, 9.17) is 20.5 Å². The van der Waals surface area contributed by atoms with Gasteiger partial charge in [0.1, 0.15) is 18.4 Å². The van der Waals surface area contributed by atoms with Gasteiger partial charge in [0.05, 0.1) is 17.9 Å². The molecule has 0 aliphatic rings. The van der Waals surface area contributed by atoms with Gasteiger partial charge in [-0.25, -0.2) is 0 Å². The highest BCUT2D eigenvalue weighted by atomic mass is 16.5. The molecule has 0 amide bonds. The van der Waals surface area contributed by atoms with E-state index in [1.807, 2.05) is 6.07 Å². The van der Waals surface area contributed by atoms with Crippen molar-refractivity contribution in [1.82, 2.24) is 0 Å². The van der Waals surface area contributed by atoms with Gasteiger partial charge < -0.3 is 15.2 Å². The van der Waals surface area contributed by atoms with Crippen molar-refractivity contribution in [2.24, 2.45) is 5.92 Å². The summed E-state index contributed by atoms with van der Waals surface area (Å²) in [5, 5.41) is 8.80. The number of nitrogens with zero attached hydrogens (tertiary/aromatic N) is 1. The first-order valence-electron chi connectivity index (χ1n) is 5.64. The summed E-state index contributed by atoms with van der Waals surface area (Å²) in [5.41, 5.74) is 6.59. The average Bonchev–Trinajstić information content (AvgIpc) is 2.30.